The van der Waals surface area contributed by atoms with Crippen molar-refractivity contribution in [2.45, 2.75) is 19.1 Å². The summed E-state index contributed by atoms with van der Waals surface area (Å²) in [7, 11) is 0. The van der Waals surface area contributed by atoms with E-state index in [0.717, 1.165) is 29.3 Å². The van der Waals surface area contributed by atoms with Crippen LogP contribution >= 0.6 is 24.2 Å². The monoisotopic (exact) mass is 217 g/mol. The van der Waals surface area contributed by atoms with Crippen molar-refractivity contribution in [3.63, 3.8) is 0 Å². The van der Waals surface area contributed by atoms with E-state index in [0.29, 0.717) is 0 Å². The highest BCUT2D eigenvalue weighted by atomic mass is 35.5. The van der Waals surface area contributed by atoms with E-state index >= 15 is 0 Å². The first-order valence-corrected chi connectivity index (χ1v) is 5.31. The standard InChI is InChI=1S/C7H7ClS.C3H9N/c8-7-3-1-2-6(4-7)5-9;1-2-3-4/h1-4,9H,5H2;2-4H2,1H3. The molecule has 0 fully saturated rings. The Morgan fingerprint density at radius 2 is 2.08 bits per heavy atom. The first-order chi connectivity index (χ1) is 6.24. The molecule has 0 saturated heterocycles. The third kappa shape index (κ3) is 6.94. The largest absolute Gasteiger partial charge is 0.330 e. The van der Waals surface area contributed by atoms with Crippen LogP contribution in [0.4, 0.5) is 0 Å². The Labute approximate surface area is 90.7 Å². The van der Waals surface area contributed by atoms with E-state index < -0.39 is 0 Å². The van der Waals surface area contributed by atoms with E-state index in [1.165, 1.54) is 0 Å². The average molecular weight is 218 g/mol. The fourth-order valence-electron chi connectivity index (χ4n) is 0.635. The van der Waals surface area contributed by atoms with Crippen LogP contribution in [0.5, 0.6) is 0 Å². The highest BCUT2D eigenvalue weighted by Crippen LogP contribution is 2.11. The van der Waals surface area contributed by atoms with Crippen molar-refractivity contribution in [2.75, 3.05) is 6.54 Å². The lowest BCUT2D eigenvalue weighted by Gasteiger charge is -1.93. The van der Waals surface area contributed by atoms with Crippen molar-refractivity contribution in [3.8, 4) is 0 Å². The van der Waals surface area contributed by atoms with Gasteiger partial charge >= 0.3 is 0 Å². The van der Waals surface area contributed by atoms with Crippen molar-refractivity contribution < 1.29 is 0 Å². The van der Waals surface area contributed by atoms with Gasteiger partial charge in [0.15, 0.2) is 0 Å². The molecule has 0 bridgehead atoms. The Kier molecular flexibility index (Phi) is 8.30. The highest BCUT2D eigenvalue weighted by Gasteiger charge is 1.88. The molecule has 1 aromatic rings. The fraction of sp³-hybridized carbons (Fsp3) is 0.400. The number of thiol groups is 1. The molecule has 0 aliphatic rings. The zero-order chi connectivity index (χ0) is 10.1. The minimum absolute atomic E-state index is 0.751. The van der Waals surface area contributed by atoms with Gasteiger partial charge in [-0.3, -0.25) is 0 Å². The number of hydrogen-bond donors (Lipinski definition) is 2. The van der Waals surface area contributed by atoms with Gasteiger partial charge in [-0.15, -0.1) is 0 Å². The van der Waals surface area contributed by atoms with Crippen LogP contribution in [0.15, 0.2) is 24.3 Å². The summed E-state index contributed by atoms with van der Waals surface area (Å²) in [6.45, 7) is 2.88. The van der Waals surface area contributed by atoms with E-state index in [2.05, 4.69) is 19.6 Å². The maximum atomic E-state index is 5.69. The van der Waals surface area contributed by atoms with Crippen LogP contribution < -0.4 is 5.73 Å². The molecule has 0 amide bonds. The molecule has 0 aliphatic carbocycles. The SMILES string of the molecule is CCCN.SCc1cccc(Cl)c1. The van der Waals surface area contributed by atoms with Crippen LogP contribution in [0.3, 0.4) is 0 Å². The predicted molar refractivity (Wildman–Crippen MR) is 63.5 cm³/mol. The summed E-state index contributed by atoms with van der Waals surface area (Å²) >= 11 is 9.79. The summed E-state index contributed by atoms with van der Waals surface area (Å²) in [6.07, 6.45) is 1.10. The van der Waals surface area contributed by atoms with Crippen LogP contribution in [-0.2, 0) is 5.75 Å². The molecule has 0 radical (unpaired) electrons. The van der Waals surface area contributed by atoms with E-state index in [4.69, 9.17) is 17.3 Å². The minimum Gasteiger partial charge on any atom is -0.330 e. The summed E-state index contributed by atoms with van der Waals surface area (Å²) < 4.78 is 0. The van der Waals surface area contributed by atoms with Crippen molar-refractivity contribution in [2.24, 2.45) is 5.73 Å². The van der Waals surface area contributed by atoms with Crippen molar-refractivity contribution in [3.05, 3.63) is 34.9 Å². The first-order valence-electron chi connectivity index (χ1n) is 4.30. The predicted octanol–water partition coefficient (Wildman–Crippen LogP) is 3.12. The number of nitrogens with two attached hydrogens (primary N) is 1. The quantitative estimate of drug-likeness (QED) is 0.732. The Hall–Kier alpha value is -0.180. The zero-order valence-electron chi connectivity index (χ0n) is 7.83. The second-order valence-corrected chi connectivity index (χ2v) is 3.33. The fourth-order valence-corrected chi connectivity index (χ4v) is 1.04. The maximum Gasteiger partial charge on any atom is 0.0409 e. The molecule has 2 N–H and O–H groups in total. The van der Waals surface area contributed by atoms with Crippen LogP contribution in [0.25, 0.3) is 0 Å². The molecule has 0 heterocycles. The number of hydrogen-bond acceptors (Lipinski definition) is 2. The second-order valence-electron chi connectivity index (χ2n) is 2.58. The van der Waals surface area contributed by atoms with Gasteiger partial charge in [0.2, 0.25) is 0 Å². The summed E-state index contributed by atoms with van der Waals surface area (Å²) in [4.78, 5) is 0. The first kappa shape index (κ1) is 12.8. The van der Waals surface area contributed by atoms with Gasteiger partial charge in [0, 0.05) is 10.8 Å². The van der Waals surface area contributed by atoms with E-state index in [1.807, 2.05) is 24.3 Å². The molecule has 1 nitrogen and oxygen atoms in total. The number of benzene rings is 1. The lowest BCUT2D eigenvalue weighted by Crippen LogP contribution is -1.93. The molecule has 1 aromatic carbocycles. The average Bonchev–Trinajstić information content (AvgIpc) is 2.18. The Bertz CT molecular complexity index is 226. The molecular formula is C10H16ClNS. The molecule has 3 heteroatoms. The molecule has 0 aliphatic heterocycles. The van der Waals surface area contributed by atoms with Gasteiger partial charge in [0.1, 0.15) is 0 Å². The van der Waals surface area contributed by atoms with E-state index in [-0.39, 0.29) is 0 Å². The molecule has 0 unspecified atom stereocenters. The molecule has 0 saturated carbocycles. The van der Waals surface area contributed by atoms with Crippen LogP contribution in [0.2, 0.25) is 5.02 Å². The van der Waals surface area contributed by atoms with Gasteiger partial charge in [-0.1, -0.05) is 30.7 Å². The third-order valence-corrected chi connectivity index (χ3v) is 1.96. The second kappa shape index (κ2) is 8.42. The summed E-state index contributed by atoms with van der Waals surface area (Å²) in [6, 6.07) is 7.69. The molecule has 0 spiro atoms. The zero-order valence-corrected chi connectivity index (χ0v) is 9.48. The summed E-state index contributed by atoms with van der Waals surface area (Å²) in [5.74, 6) is 0.751. The van der Waals surface area contributed by atoms with Gasteiger partial charge in [0.05, 0.1) is 0 Å². The molecule has 1 rings (SSSR count). The maximum absolute atomic E-state index is 5.69. The van der Waals surface area contributed by atoms with Gasteiger partial charge in [0.25, 0.3) is 0 Å². The summed E-state index contributed by atoms with van der Waals surface area (Å²) in [5, 5.41) is 0.779. The summed E-state index contributed by atoms with van der Waals surface area (Å²) in [5.41, 5.74) is 6.19. The van der Waals surface area contributed by atoms with Gasteiger partial charge in [-0.05, 0) is 30.7 Å². The minimum atomic E-state index is 0.751. The van der Waals surface area contributed by atoms with Gasteiger partial charge in [-0.2, -0.15) is 12.6 Å². The van der Waals surface area contributed by atoms with E-state index in [9.17, 15) is 0 Å². The molecule has 0 aromatic heterocycles. The molecule has 13 heavy (non-hydrogen) atoms. The third-order valence-electron chi connectivity index (χ3n) is 1.36. The van der Waals surface area contributed by atoms with Crippen molar-refractivity contribution in [1.82, 2.24) is 0 Å². The van der Waals surface area contributed by atoms with Gasteiger partial charge in [-0.25, -0.2) is 0 Å². The number of rotatable bonds is 2. The Morgan fingerprint density at radius 3 is 2.38 bits per heavy atom. The molecule has 0 atom stereocenters. The lowest BCUT2D eigenvalue weighted by atomic mass is 10.2. The van der Waals surface area contributed by atoms with Crippen LogP contribution in [-0.4, -0.2) is 6.54 Å². The van der Waals surface area contributed by atoms with Gasteiger partial charge < -0.3 is 5.73 Å². The topological polar surface area (TPSA) is 26.0 Å². The highest BCUT2D eigenvalue weighted by molar-refractivity contribution is 7.79. The van der Waals surface area contributed by atoms with Crippen molar-refractivity contribution in [1.29, 1.82) is 0 Å². The van der Waals surface area contributed by atoms with E-state index in [1.54, 1.807) is 0 Å². The molecular weight excluding hydrogens is 202 g/mol. The normalized spacial score (nSPS) is 8.92. The Balaban J connectivity index is 0.000000310. The lowest BCUT2D eigenvalue weighted by molar-refractivity contribution is 0.932. The number of halogens is 1. The van der Waals surface area contributed by atoms with Crippen LogP contribution in [0, 0.1) is 0 Å². The smallest absolute Gasteiger partial charge is 0.0409 e. The van der Waals surface area contributed by atoms with Crippen LogP contribution in [0.1, 0.15) is 18.9 Å². The van der Waals surface area contributed by atoms with Crippen molar-refractivity contribution >= 4 is 24.2 Å². The Morgan fingerprint density at radius 1 is 1.46 bits per heavy atom. The molecule has 74 valence electrons.